The molecule has 0 saturated carbocycles. The quantitative estimate of drug-likeness (QED) is 0.575. The number of hydrogen-bond acceptors (Lipinski definition) is 5. The highest BCUT2D eigenvalue weighted by Crippen LogP contribution is 2.31. The molecule has 0 radical (unpaired) electrons. The van der Waals surface area contributed by atoms with Gasteiger partial charge in [-0.15, -0.1) is 0 Å². The van der Waals surface area contributed by atoms with Crippen molar-refractivity contribution in [3.63, 3.8) is 0 Å². The molecule has 1 aliphatic rings. The Kier molecular flexibility index (Phi) is 8.55. The number of aliphatic hydroxyl groups excluding tert-OH is 1. The third-order valence-electron chi connectivity index (χ3n) is 5.73. The van der Waals surface area contributed by atoms with Gasteiger partial charge in [0.2, 0.25) is 0 Å². The Balaban J connectivity index is 0.00000149. The van der Waals surface area contributed by atoms with Crippen molar-refractivity contribution >= 4 is 11.6 Å². The van der Waals surface area contributed by atoms with Gasteiger partial charge in [-0.1, -0.05) is 26.0 Å². The van der Waals surface area contributed by atoms with E-state index in [1.54, 1.807) is 6.20 Å². The van der Waals surface area contributed by atoms with Crippen molar-refractivity contribution in [1.29, 1.82) is 0 Å². The summed E-state index contributed by atoms with van der Waals surface area (Å²) in [4.78, 5) is 24.0. The van der Waals surface area contributed by atoms with Crippen LogP contribution in [0.4, 0.5) is 5.69 Å². The van der Waals surface area contributed by atoms with Gasteiger partial charge in [0.1, 0.15) is 0 Å². The Morgan fingerprint density at radius 3 is 2.58 bits per heavy atom. The largest absolute Gasteiger partial charge is 0.394 e. The molecule has 1 unspecified atom stereocenters. The molecule has 3 heterocycles. The number of nitrogens with zero attached hydrogens (tertiary/aromatic N) is 3. The second-order valence-electron chi connectivity index (χ2n) is 8.15. The van der Waals surface area contributed by atoms with Gasteiger partial charge in [0.25, 0.3) is 5.91 Å². The maximum Gasteiger partial charge on any atom is 0.251 e. The SMILES string of the molecule is CC.Cc1ccc(-c2cc(C(=O)NCc3ccc(C)nc3)cc(N3CCCC3CO)c2)nc1. The Bertz CT molecular complexity index is 1050. The fraction of sp³-hybridized carbons (Fsp3) is 0.370. The van der Waals surface area contributed by atoms with Crippen molar-refractivity contribution in [3.05, 3.63) is 77.2 Å². The fourth-order valence-corrected chi connectivity index (χ4v) is 3.95. The first-order chi connectivity index (χ1) is 16.0. The molecule has 3 aromatic rings. The molecule has 1 saturated heterocycles. The van der Waals surface area contributed by atoms with Crippen LogP contribution in [0.15, 0.2) is 54.9 Å². The molecule has 1 aliphatic heterocycles. The number of hydrogen-bond donors (Lipinski definition) is 2. The predicted octanol–water partition coefficient (Wildman–Crippen LogP) is 4.68. The number of aliphatic hydroxyl groups is 1. The van der Waals surface area contributed by atoms with E-state index < -0.39 is 0 Å². The lowest BCUT2D eigenvalue weighted by atomic mass is 10.0. The number of aromatic nitrogens is 2. The van der Waals surface area contributed by atoms with Gasteiger partial charge >= 0.3 is 0 Å². The molecule has 1 amide bonds. The molecule has 2 N–H and O–H groups in total. The molecular weight excluding hydrogens is 412 g/mol. The number of carbonyl (C=O) groups is 1. The van der Waals surface area contributed by atoms with Crippen molar-refractivity contribution in [1.82, 2.24) is 15.3 Å². The fourth-order valence-electron chi connectivity index (χ4n) is 3.95. The van der Waals surface area contributed by atoms with Crippen LogP contribution >= 0.6 is 0 Å². The summed E-state index contributed by atoms with van der Waals surface area (Å²) in [5.74, 6) is -0.143. The van der Waals surface area contributed by atoms with Crippen LogP contribution in [0.2, 0.25) is 0 Å². The summed E-state index contributed by atoms with van der Waals surface area (Å²) < 4.78 is 0. The maximum absolute atomic E-state index is 13.0. The van der Waals surface area contributed by atoms with Crippen LogP contribution in [0.5, 0.6) is 0 Å². The minimum absolute atomic E-state index is 0.0794. The lowest BCUT2D eigenvalue weighted by Gasteiger charge is -2.26. The average molecular weight is 447 g/mol. The van der Waals surface area contributed by atoms with Gasteiger partial charge in [-0.05, 0) is 68.1 Å². The normalized spacial score (nSPS) is 15.1. The second kappa shape index (κ2) is 11.6. The summed E-state index contributed by atoms with van der Waals surface area (Å²) in [5.41, 5.74) is 6.23. The van der Waals surface area contributed by atoms with E-state index in [2.05, 4.69) is 26.3 Å². The van der Waals surface area contributed by atoms with Crippen LogP contribution in [0.3, 0.4) is 0 Å². The molecule has 0 aliphatic carbocycles. The van der Waals surface area contributed by atoms with Gasteiger partial charge < -0.3 is 15.3 Å². The first-order valence-electron chi connectivity index (χ1n) is 11.7. The van der Waals surface area contributed by atoms with E-state index in [0.29, 0.717) is 12.1 Å². The molecule has 6 heteroatoms. The second-order valence-corrected chi connectivity index (χ2v) is 8.15. The molecule has 0 bridgehead atoms. The van der Waals surface area contributed by atoms with E-state index in [1.165, 1.54) is 0 Å². The molecule has 33 heavy (non-hydrogen) atoms. The summed E-state index contributed by atoms with van der Waals surface area (Å²) in [6.45, 7) is 9.33. The van der Waals surface area contributed by atoms with E-state index in [-0.39, 0.29) is 18.6 Å². The molecule has 1 aromatic carbocycles. The topological polar surface area (TPSA) is 78.4 Å². The van der Waals surface area contributed by atoms with E-state index in [1.807, 2.05) is 70.3 Å². The van der Waals surface area contributed by atoms with Crippen molar-refractivity contribution in [3.8, 4) is 11.3 Å². The first kappa shape index (κ1) is 24.4. The molecule has 1 atom stereocenters. The Morgan fingerprint density at radius 2 is 1.91 bits per heavy atom. The molecule has 4 rings (SSSR count). The van der Waals surface area contributed by atoms with Gasteiger partial charge in [0, 0.05) is 48.0 Å². The van der Waals surface area contributed by atoms with E-state index in [0.717, 1.165) is 53.2 Å². The molecule has 0 spiro atoms. The number of benzene rings is 1. The van der Waals surface area contributed by atoms with Crippen LogP contribution < -0.4 is 10.2 Å². The Hall–Kier alpha value is -3.25. The Morgan fingerprint density at radius 1 is 1.09 bits per heavy atom. The summed E-state index contributed by atoms with van der Waals surface area (Å²) in [5, 5.41) is 12.8. The Labute approximate surface area is 196 Å². The molecular formula is C27H34N4O2. The standard InChI is InChI=1S/C25H28N4O2.C2H6/c1-17-5-8-24(27-13-17)20-10-21(12-23(11-20)29-9-3-4-22(29)16-30)25(31)28-15-19-7-6-18(2)26-14-19;1-2/h5-8,10-14,22,30H,3-4,9,15-16H2,1-2H3,(H,28,31);1-2H3. The zero-order chi connectivity index (χ0) is 23.8. The van der Waals surface area contributed by atoms with Gasteiger partial charge in [0.15, 0.2) is 0 Å². The van der Waals surface area contributed by atoms with Crippen molar-refractivity contribution in [2.75, 3.05) is 18.1 Å². The van der Waals surface area contributed by atoms with Crippen LogP contribution in [0, 0.1) is 13.8 Å². The number of anilines is 1. The third-order valence-corrected chi connectivity index (χ3v) is 5.73. The number of aryl methyl sites for hydroxylation is 2. The third kappa shape index (κ3) is 6.17. The maximum atomic E-state index is 13.0. The number of pyridine rings is 2. The van der Waals surface area contributed by atoms with Crippen molar-refractivity contribution in [2.24, 2.45) is 0 Å². The van der Waals surface area contributed by atoms with Gasteiger partial charge in [-0.3, -0.25) is 14.8 Å². The summed E-state index contributed by atoms with van der Waals surface area (Å²) in [6, 6.07) is 13.8. The molecule has 174 valence electrons. The summed E-state index contributed by atoms with van der Waals surface area (Å²) in [7, 11) is 0. The van der Waals surface area contributed by atoms with Gasteiger partial charge in [-0.25, -0.2) is 0 Å². The molecule has 1 fully saturated rings. The van der Waals surface area contributed by atoms with E-state index in [9.17, 15) is 9.90 Å². The highest BCUT2D eigenvalue weighted by atomic mass is 16.3. The molecule has 2 aromatic heterocycles. The predicted molar refractivity (Wildman–Crippen MR) is 133 cm³/mol. The number of rotatable bonds is 6. The van der Waals surface area contributed by atoms with Crippen LogP contribution in [0.25, 0.3) is 11.3 Å². The minimum Gasteiger partial charge on any atom is -0.394 e. The van der Waals surface area contributed by atoms with Crippen molar-refractivity contribution in [2.45, 2.75) is 53.1 Å². The zero-order valence-corrected chi connectivity index (χ0v) is 20.0. The average Bonchev–Trinajstić information content (AvgIpc) is 3.34. The number of nitrogens with one attached hydrogen (secondary N) is 1. The highest BCUT2D eigenvalue weighted by Gasteiger charge is 2.25. The van der Waals surface area contributed by atoms with E-state index >= 15 is 0 Å². The summed E-state index contributed by atoms with van der Waals surface area (Å²) in [6.07, 6.45) is 5.59. The van der Waals surface area contributed by atoms with Crippen molar-refractivity contribution < 1.29 is 9.90 Å². The lowest BCUT2D eigenvalue weighted by Crippen LogP contribution is -2.32. The highest BCUT2D eigenvalue weighted by molar-refractivity contribution is 5.96. The van der Waals surface area contributed by atoms with Crippen LogP contribution in [-0.2, 0) is 6.54 Å². The van der Waals surface area contributed by atoms with Crippen LogP contribution in [0.1, 0.15) is 53.9 Å². The smallest absolute Gasteiger partial charge is 0.251 e. The minimum atomic E-state index is -0.143. The molecule has 6 nitrogen and oxygen atoms in total. The first-order valence-corrected chi connectivity index (χ1v) is 11.7. The van der Waals surface area contributed by atoms with Gasteiger partial charge in [0.05, 0.1) is 18.3 Å². The monoisotopic (exact) mass is 446 g/mol. The lowest BCUT2D eigenvalue weighted by molar-refractivity contribution is 0.0951. The number of carbonyl (C=O) groups excluding carboxylic acids is 1. The van der Waals surface area contributed by atoms with Crippen LogP contribution in [-0.4, -0.2) is 40.2 Å². The summed E-state index contributed by atoms with van der Waals surface area (Å²) >= 11 is 0. The van der Waals surface area contributed by atoms with Gasteiger partial charge in [-0.2, -0.15) is 0 Å². The van der Waals surface area contributed by atoms with E-state index in [4.69, 9.17) is 0 Å². The number of amides is 1. The zero-order valence-electron chi connectivity index (χ0n) is 20.0.